The lowest BCUT2D eigenvalue weighted by molar-refractivity contribution is 0.101. The van der Waals surface area contributed by atoms with Gasteiger partial charge in [0.1, 0.15) is 11.4 Å². The van der Waals surface area contributed by atoms with E-state index in [0.29, 0.717) is 5.69 Å². The summed E-state index contributed by atoms with van der Waals surface area (Å²) < 4.78 is 7.05. The van der Waals surface area contributed by atoms with Crippen molar-refractivity contribution >= 4 is 5.78 Å². The number of benzene rings is 1. The van der Waals surface area contributed by atoms with E-state index >= 15 is 0 Å². The van der Waals surface area contributed by atoms with Crippen LogP contribution >= 0.6 is 0 Å². The van der Waals surface area contributed by atoms with Crippen molar-refractivity contribution in [2.75, 3.05) is 7.11 Å². The van der Waals surface area contributed by atoms with Gasteiger partial charge in [0.05, 0.1) is 12.8 Å². The van der Waals surface area contributed by atoms with E-state index in [1.165, 1.54) is 6.92 Å². The Balaban J connectivity index is 2.59. The van der Waals surface area contributed by atoms with Gasteiger partial charge in [-0.15, -0.1) is 0 Å². The second-order valence-corrected chi connectivity index (χ2v) is 4.73. The molecule has 0 atom stereocenters. The third-order valence-corrected chi connectivity index (χ3v) is 3.26. The number of aryl methyl sites for hydroxylation is 3. The van der Waals surface area contributed by atoms with Gasteiger partial charge >= 0.3 is 0 Å². The van der Waals surface area contributed by atoms with Crippen LogP contribution in [-0.4, -0.2) is 22.7 Å². The smallest absolute Gasteiger partial charge is 0.180 e. The van der Waals surface area contributed by atoms with Crippen molar-refractivity contribution in [2.45, 2.75) is 20.8 Å². The minimum atomic E-state index is -0.0234. The van der Waals surface area contributed by atoms with E-state index in [1.807, 2.05) is 33.0 Å². The number of hydrogen-bond donors (Lipinski definition) is 0. The molecule has 0 aliphatic carbocycles. The number of hydrogen-bond acceptors (Lipinski definition) is 3. The van der Waals surface area contributed by atoms with Crippen LogP contribution in [0.15, 0.2) is 18.2 Å². The second-order valence-electron chi connectivity index (χ2n) is 4.73. The van der Waals surface area contributed by atoms with Crippen LogP contribution < -0.4 is 4.74 Å². The van der Waals surface area contributed by atoms with Crippen molar-refractivity contribution in [1.82, 2.24) is 9.78 Å². The molecule has 0 spiro atoms. The molecule has 0 amide bonds. The Morgan fingerprint density at radius 3 is 2.42 bits per heavy atom. The molecule has 0 saturated carbocycles. The Bertz CT molecular complexity index is 642. The summed E-state index contributed by atoms with van der Waals surface area (Å²) >= 11 is 0. The van der Waals surface area contributed by atoms with Crippen LogP contribution in [0.2, 0.25) is 0 Å². The van der Waals surface area contributed by atoms with E-state index in [0.717, 1.165) is 28.1 Å². The van der Waals surface area contributed by atoms with Crippen molar-refractivity contribution in [1.29, 1.82) is 0 Å². The number of methoxy groups -OCH3 is 1. The average Bonchev–Trinajstić information content (AvgIpc) is 2.74. The van der Waals surface area contributed by atoms with Gasteiger partial charge in [-0.3, -0.25) is 9.48 Å². The van der Waals surface area contributed by atoms with Crippen molar-refractivity contribution in [3.63, 3.8) is 0 Å². The highest BCUT2D eigenvalue weighted by molar-refractivity contribution is 5.93. The second kappa shape index (κ2) is 4.88. The predicted molar refractivity (Wildman–Crippen MR) is 74.7 cm³/mol. The maximum absolute atomic E-state index is 11.4. The third-order valence-electron chi connectivity index (χ3n) is 3.26. The first-order valence-electron chi connectivity index (χ1n) is 6.14. The van der Waals surface area contributed by atoms with Crippen LogP contribution in [0, 0.1) is 13.8 Å². The van der Waals surface area contributed by atoms with Crippen molar-refractivity contribution in [3.8, 4) is 17.0 Å². The van der Waals surface area contributed by atoms with Crippen LogP contribution in [0.5, 0.6) is 5.75 Å². The van der Waals surface area contributed by atoms with Gasteiger partial charge in [-0.05, 0) is 43.2 Å². The summed E-state index contributed by atoms with van der Waals surface area (Å²) in [5.74, 6) is 0.847. The average molecular weight is 258 g/mol. The molecule has 0 N–H and O–H groups in total. The number of Topliss-reactive ketones (excluding diaryl/α,β-unsaturated/α-hetero) is 1. The summed E-state index contributed by atoms with van der Waals surface area (Å²) in [6.07, 6.45) is 0. The molecule has 0 fully saturated rings. The minimum Gasteiger partial charge on any atom is -0.496 e. The van der Waals surface area contributed by atoms with Crippen molar-refractivity contribution in [2.24, 2.45) is 7.05 Å². The Morgan fingerprint density at radius 2 is 1.89 bits per heavy atom. The number of ether oxygens (including phenoxy) is 1. The number of aromatic nitrogens is 2. The fourth-order valence-electron chi connectivity index (χ4n) is 2.18. The van der Waals surface area contributed by atoms with E-state index in [9.17, 15) is 4.79 Å². The van der Waals surface area contributed by atoms with Crippen molar-refractivity contribution < 1.29 is 9.53 Å². The van der Waals surface area contributed by atoms with Gasteiger partial charge in [-0.1, -0.05) is 0 Å². The fraction of sp³-hybridized carbons (Fsp3) is 0.333. The van der Waals surface area contributed by atoms with Gasteiger partial charge in [0.25, 0.3) is 0 Å². The molecule has 0 unspecified atom stereocenters. The summed E-state index contributed by atoms with van der Waals surface area (Å²) in [4.78, 5) is 11.4. The Kier molecular flexibility index (Phi) is 3.42. The van der Waals surface area contributed by atoms with Gasteiger partial charge < -0.3 is 4.74 Å². The molecular weight excluding hydrogens is 240 g/mol. The molecule has 4 heteroatoms. The molecule has 0 bridgehead atoms. The van der Waals surface area contributed by atoms with Crippen LogP contribution in [-0.2, 0) is 7.05 Å². The van der Waals surface area contributed by atoms with Crippen molar-refractivity contribution in [3.05, 3.63) is 35.0 Å². The van der Waals surface area contributed by atoms with Gasteiger partial charge in [0.15, 0.2) is 5.78 Å². The molecule has 1 heterocycles. The number of carbonyl (C=O) groups excluding carboxylic acids is 1. The highest BCUT2D eigenvalue weighted by Gasteiger charge is 2.14. The van der Waals surface area contributed by atoms with Gasteiger partial charge in [-0.2, -0.15) is 5.10 Å². The molecule has 0 radical (unpaired) electrons. The first kappa shape index (κ1) is 13.3. The Labute approximate surface area is 113 Å². The Morgan fingerprint density at radius 1 is 1.21 bits per heavy atom. The normalized spacial score (nSPS) is 10.6. The number of ketones is 1. The Hall–Kier alpha value is -2.10. The molecule has 4 nitrogen and oxygen atoms in total. The van der Waals surface area contributed by atoms with Crippen LogP contribution in [0.1, 0.15) is 28.5 Å². The number of rotatable bonds is 3. The van der Waals surface area contributed by atoms with E-state index in [-0.39, 0.29) is 5.78 Å². The topological polar surface area (TPSA) is 44.1 Å². The van der Waals surface area contributed by atoms with Crippen LogP contribution in [0.4, 0.5) is 0 Å². The fourth-order valence-corrected chi connectivity index (χ4v) is 2.18. The first-order valence-corrected chi connectivity index (χ1v) is 6.14. The lowest BCUT2D eigenvalue weighted by atomic mass is 10.0. The largest absolute Gasteiger partial charge is 0.496 e. The van der Waals surface area contributed by atoms with Crippen LogP contribution in [0.3, 0.4) is 0 Å². The van der Waals surface area contributed by atoms with E-state index in [1.54, 1.807) is 11.8 Å². The van der Waals surface area contributed by atoms with Gasteiger partial charge in [-0.25, -0.2) is 0 Å². The summed E-state index contributed by atoms with van der Waals surface area (Å²) in [6, 6.07) is 5.90. The van der Waals surface area contributed by atoms with Crippen LogP contribution in [0.25, 0.3) is 11.3 Å². The summed E-state index contributed by atoms with van der Waals surface area (Å²) in [5, 5.41) is 4.24. The zero-order valence-corrected chi connectivity index (χ0v) is 11.9. The first-order chi connectivity index (χ1) is 8.93. The molecule has 1 aromatic heterocycles. The highest BCUT2D eigenvalue weighted by Crippen LogP contribution is 2.30. The molecule has 2 aromatic rings. The SMILES string of the molecule is COc1cc(C)c(-c2cc(C(C)=O)nn2C)cc1C. The van der Waals surface area contributed by atoms with E-state index in [4.69, 9.17) is 4.74 Å². The number of carbonyl (C=O) groups is 1. The molecular formula is C15H18N2O2. The van der Waals surface area contributed by atoms with E-state index in [2.05, 4.69) is 11.2 Å². The maximum Gasteiger partial charge on any atom is 0.180 e. The lowest BCUT2D eigenvalue weighted by Crippen LogP contribution is -1.98. The zero-order chi connectivity index (χ0) is 14.2. The molecule has 0 aliphatic rings. The minimum absolute atomic E-state index is 0.0234. The maximum atomic E-state index is 11.4. The molecule has 19 heavy (non-hydrogen) atoms. The number of nitrogens with zero attached hydrogens (tertiary/aromatic N) is 2. The van der Waals surface area contributed by atoms with Gasteiger partial charge in [0.2, 0.25) is 0 Å². The summed E-state index contributed by atoms with van der Waals surface area (Å²) in [6.45, 7) is 5.56. The lowest BCUT2D eigenvalue weighted by Gasteiger charge is -2.11. The van der Waals surface area contributed by atoms with E-state index < -0.39 is 0 Å². The molecule has 100 valence electrons. The monoisotopic (exact) mass is 258 g/mol. The molecule has 0 aliphatic heterocycles. The quantitative estimate of drug-likeness (QED) is 0.795. The summed E-state index contributed by atoms with van der Waals surface area (Å²) in [7, 11) is 3.51. The standard InChI is InChI=1S/C15H18N2O2/c1-9-7-15(19-5)10(2)6-12(9)14-8-13(11(3)18)16-17(14)4/h6-8H,1-5H3. The predicted octanol–water partition coefficient (Wildman–Crippen LogP) is 2.92. The molecule has 0 saturated heterocycles. The highest BCUT2D eigenvalue weighted by atomic mass is 16.5. The molecule has 1 aromatic carbocycles. The third kappa shape index (κ3) is 2.38. The zero-order valence-electron chi connectivity index (χ0n) is 11.9. The van der Waals surface area contributed by atoms with Gasteiger partial charge in [0, 0.05) is 19.5 Å². The summed E-state index contributed by atoms with van der Waals surface area (Å²) in [5.41, 5.74) is 4.66. The molecule has 2 rings (SSSR count).